The second-order valence-corrected chi connectivity index (χ2v) is 6.29. The monoisotopic (exact) mass is 351 g/mol. The van der Waals surface area contributed by atoms with Crippen LogP contribution in [0.4, 0.5) is 4.39 Å². The van der Waals surface area contributed by atoms with E-state index in [1.54, 1.807) is 13.0 Å². The number of carbonyl (C=O) groups excluding carboxylic acids is 2. The number of amides is 2. The van der Waals surface area contributed by atoms with E-state index in [-0.39, 0.29) is 11.6 Å². The molecule has 1 fully saturated rings. The van der Waals surface area contributed by atoms with Crippen LogP contribution < -0.4 is 30.3 Å². The first kappa shape index (κ1) is 12.5. The average Bonchev–Trinajstić information content (AvgIpc) is 2.64. The molecular weight excluding hydrogens is 338 g/mol. The molecule has 0 aromatic heterocycles. The first-order valence-corrected chi connectivity index (χ1v) is 7.91. The maximum absolute atomic E-state index is 13.4. The molecule has 0 radical (unpaired) electrons. The molecule has 1 atom stereocenters. The van der Waals surface area contributed by atoms with Gasteiger partial charge in [0.2, 0.25) is 0 Å². The summed E-state index contributed by atoms with van der Waals surface area (Å²) in [5.41, 5.74) is -0.841. The van der Waals surface area contributed by atoms with Crippen LogP contribution in [0.1, 0.15) is 19.8 Å². The van der Waals surface area contributed by atoms with Gasteiger partial charge in [0.1, 0.15) is 0 Å². The Morgan fingerprint density at radius 1 is 1.53 bits per heavy atom. The molecule has 0 aromatic rings. The van der Waals surface area contributed by atoms with Gasteiger partial charge in [-0.15, -0.1) is 0 Å². The van der Waals surface area contributed by atoms with Crippen molar-refractivity contribution in [3.8, 4) is 0 Å². The summed E-state index contributed by atoms with van der Waals surface area (Å²) < 4.78 is 16.7. The third-order valence-corrected chi connectivity index (χ3v) is 5.61. The molecule has 2 rings (SSSR count). The van der Waals surface area contributed by atoms with Crippen molar-refractivity contribution in [1.82, 2.24) is 8.85 Å². The quantitative estimate of drug-likeness (QED) is 0.256. The summed E-state index contributed by atoms with van der Waals surface area (Å²) in [6.45, 7) is 1.61. The predicted octanol–water partition coefficient (Wildman–Crippen LogP) is -2.23. The second-order valence-electron chi connectivity index (χ2n) is 4.22. The van der Waals surface area contributed by atoms with Gasteiger partial charge < -0.3 is 0 Å². The van der Waals surface area contributed by atoms with E-state index in [1.165, 1.54) is 6.08 Å². The predicted molar refractivity (Wildman–Crippen MR) is 55.8 cm³/mol. The van der Waals surface area contributed by atoms with Gasteiger partial charge in [0, 0.05) is 0 Å². The minimum absolute atomic E-state index is 0.195. The van der Waals surface area contributed by atoms with Gasteiger partial charge in [-0.05, 0) is 0 Å². The van der Waals surface area contributed by atoms with E-state index in [0.717, 1.165) is 0 Å². The Morgan fingerprint density at radius 3 is 2.82 bits per heavy atom. The van der Waals surface area contributed by atoms with E-state index in [2.05, 4.69) is 8.85 Å². The van der Waals surface area contributed by atoms with Crippen LogP contribution in [0.3, 0.4) is 0 Å². The molecule has 0 spiro atoms. The molecule has 1 saturated heterocycles. The Morgan fingerprint density at radius 2 is 2.24 bits per heavy atom. The summed E-state index contributed by atoms with van der Waals surface area (Å²) in [4.78, 5) is 23.6. The molecule has 0 aromatic carbocycles. The number of hydrogen-bond acceptors (Lipinski definition) is 2. The summed E-state index contributed by atoms with van der Waals surface area (Å²) in [5.74, 6) is -1.08. The molecular formula is C11H13FIN2O2-. The summed E-state index contributed by atoms with van der Waals surface area (Å²) >= 11 is -0.445. The van der Waals surface area contributed by atoms with E-state index in [0.29, 0.717) is 17.3 Å². The van der Waals surface area contributed by atoms with Crippen molar-refractivity contribution in [2.24, 2.45) is 5.41 Å². The zero-order chi connectivity index (χ0) is 12.5. The van der Waals surface area contributed by atoms with Gasteiger partial charge in [0.15, 0.2) is 0 Å². The van der Waals surface area contributed by atoms with Crippen molar-refractivity contribution >= 4 is 11.8 Å². The van der Waals surface area contributed by atoms with Crippen molar-refractivity contribution in [1.29, 1.82) is 0 Å². The number of carbonyl (C=O) groups is 2. The molecule has 2 aliphatic rings. The molecule has 2 amide bonds. The third-order valence-electron chi connectivity index (χ3n) is 2.83. The van der Waals surface area contributed by atoms with Crippen LogP contribution in [0.5, 0.6) is 0 Å². The van der Waals surface area contributed by atoms with Crippen molar-refractivity contribution in [3.05, 3.63) is 23.7 Å². The number of hydrogen-bond donors (Lipinski definition) is 2. The third kappa shape index (κ3) is 2.36. The Labute approximate surface area is 109 Å². The second kappa shape index (κ2) is 4.75. The number of alkyl halides is 1. The van der Waals surface area contributed by atoms with E-state index in [4.69, 9.17) is 0 Å². The molecule has 0 bridgehead atoms. The number of allylic oxidation sites excluding steroid dienone is 3. The fraction of sp³-hybridized carbons (Fsp3) is 0.455. The maximum atomic E-state index is 13.4. The molecule has 1 heterocycles. The molecule has 2 N–H and O–H groups in total. The molecule has 6 heteroatoms. The summed E-state index contributed by atoms with van der Waals surface area (Å²) in [6.07, 6.45) is 4.45. The molecule has 0 unspecified atom stereocenters. The molecule has 17 heavy (non-hydrogen) atoms. The fourth-order valence-electron chi connectivity index (χ4n) is 1.57. The first-order chi connectivity index (χ1) is 8.04. The number of nitrogens with one attached hydrogen (secondary N) is 2. The van der Waals surface area contributed by atoms with Gasteiger partial charge in [-0.1, -0.05) is 0 Å². The normalized spacial score (nSPS) is 28.7. The van der Waals surface area contributed by atoms with E-state index < -0.39 is 38.6 Å². The van der Waals surface area contributed by atoms with Crippen LogP contribution in [-0.2, 0) is 9.59 Å². The average molecular weight is 351 g/mol. The molecule has 1 aliphatic heterocycles. The Balaban J connectivity index is 2.09. The SMILES string of the molecule is C[C@@]1(C(=O)NC2=CCCC=C2F)C[I-]NC1=O. The van der Waals surface area contributed by atoms with Gasteiger partial charge in [-0.25, -0.2) is 0 Å². The van der Waals surface area contributed by atoms with Crippen molar-refractivity contribution in [2.75, 3.05) is 4.43 Å². The van der Waals surface area contributed by atoms with E-state index >= 15 is 0 Å². The van der Waals surface area contributed by atoms with Gasteiger partial charge >= 0.3 is 109 Å². The number of rotatable bonds is 2. The topological polar surface area (TPSA) is 58.2 Å². The first-order valence-electron chi connectivity index (χ1n) is 5.30. The number of halogens is 2. The van der Waals surface area contributed by atoms with E-state index in [9.17, 15) is 14.0 Å². The van der Waals surface area contributed by atoms with Crippen LogP contribution in [0.15, 0.2) is 23.7 Å². The van der Waals surface area contributed by atoms with Crippen LogP contribution in [-0.4, -0.2) is 16.2 Å². The zero-order valence-corrected chi connectivity index (χ0v) is 11.5. The minimum atomic E-state index is -1.04. The van der Waals surface area contributed by atoms with Crippen LogP contribution in [0.2, 0.25) is 0 Å². The van der Waals surface area contributed by atoms with Gasteiger partial charge in [-0.3, -0.25) is 0 Å². The fourth-order valence-corrected chi connectivity index (χ4v) is 4.16. The van der Waals surface area contributed by atoms with Gasteiger partial charge in [-0.2, -0.15) is 0 Å². The van der Waals surface area contributed by atoms with Gasteiger partial charge in [0.25, 0.3) is 0 Å². The summed E-state index contributed by atoms with van der Waals surface area (Å²) in [7, 11) is 0. The zero-order valence-electron chi connectivity index (χ0n) is 9.35. The summed E-state index contributed by atoms with van der Waals surface area (Å²) in [5, 5.41) is 2.52. The van der Waals surface area contributed by atoms with Crippen molar-refractivity contribution < 1.29 is 35.5 Å². The Hall–Kier alpha value is -0.920. The van der Waals surface area contributed by atoms with Crippen LogP contribution in [0, 0.1) is 5.41 Å². The standard InChI is InChI=1S/C11H13FIN2O2/c1-11(6-13-15-10(11)17)9(16)14-8-5-3-2-4-7(8)12/h4-5H,2-3,6H2,1H3,(H,14,16)(H,15,17)/q-1/t11-/m0/s1. The Kier molecular flexibility index (Phi) is 3.50. The van der Waals surface area contributed by atoms with Crippen LogP contribution >= 0.6 is 0 Å². The Bertz CT molecular complexity index is 433. The molecule has 94 valence electrons. The van der Waals surface area contributed by atoms with E-state index in [1.807, 2.05) is 0 Å². The van der Waals surface area contributed by atoms with Gasteiger partial charge in [0.05, 0.1) is 0 Å². The molecule has 4 nitrogen and oxygen atoms in total. The van der Waals surface area contributed by atoms with Crippen molar-refractivity contribution in [3.63, 3.8) is 0 Å². The molecule has 0 saturated carbocycles. The summed E-state index contributed by atoms with van der Waals surface area (Å²) in [6, 6.07) is 0. The van der Waals surface area contributed by atoms with Crippen molar-refractivity contribution in [2.45, 2.75) is 19.8 Å². The molecule has 1 aliphatic carbocycles. The van der Waals surface area contributed by atoms with Crippen LogP contribution in [0.25, 0.3) is 0 Å².